The quantitative estimate of drug-likeness (QED) is 0.381. The molecule has 2 aromatic carbocycles. The van der Waals surface area contributed by atoms with E-state index in [0.717, 1.165) is 23.4 Å². The van der Waals surface area contributed by atoms with Gasteiger partial charge in [0, 0.05) is 48.5 Å². The average molecular weight is 454 g/mol. The Bertz CT molecular complexity index is 1280. The van der Waals surface area contributed by atoms with Gasteiger partial charge in [-0.2, -0.15) is 13.2 Å². The molecular formula is C24H18F4N4O. The van der Waals surface area contributed by atoms with Gasteiger partial charge >= 0.3 is 6.18 Å². The molecule has 0 bridgehead atoms. The highest BCUT2D eigenvalue weighted by Crippen LogP contribution is 2.31. The molecule has 1 aliphatic rings. The molecule has 0 saturated heterocycles. The summed E-state index contributed by atoms with van der Waals surface area (Å²) in [6, 6.07) is 13.0. The number of hydrogen-bond acceptors (Lipinski definition) is 5. The fourth-order valence-electron chi connectivity index (χ4n) is 3.86. The summed E-state index contributed by atoms with van der Waals surface area (Å²) >= 11 is 0. The second-order valence-electron chi connectivity index (χ2n) is 7.86. The predicted octanol–water partition coefficient (Wildman–Crippen LogP) is 5.51. The van der Waals surface area contributed by atoms with E-state index < -0.39 is 11.7 Å². The maximum Gasteiger partial charge on any atom is 0.416 e. The van der Waals surface area contributed by atoms with Gasteiger partial charge in [0.05, 0.1) is 17.8 Å². The van der Waals surface area contributed by atoms with Crippen LogP contribution in [0.25, 0.3) is 22.6 Å². The van der Waals surface area contributed by atoms with Crippen molar-refractivity contribution < 1.29 is 22.1 Å². The van der Waals surface area contributed by atoms with E-state index in [1.807, 2.05) is 0 Å². The summed E-state index contributed by atoms with van der Waals surface area (Å²) in [6.07, 6.45) is -2.00. The summed E-state index contributed by atoms with van der Waals surface area (Å²) in [5.74, 6) is 0.671. The molecule has 5 rings (SSSR count). The molecule has 3 heterocycles. The van der Waals surface area contributed by atoms with Crippen molar-refractivity contribution in [1.82, 2.24) is 20.0 Å². The number of fused-ring (bicyclic) bond motifs is 1. The monoisotopic (exact) mass is 454 g/mol. The first-order chi connectivity index (χ1) is 15.9. The Morgan fingerprint density at radius 2 is 1.82 bits per heavy atom. The third-order valence-electron chi connectivity index (χ3n) is 5.57. The highest BCUT2D eigenvalue weighted by Gasteiger charge is 2.30. The normalized spacial score (nSPS) is 14.3. The summed E-state index contributed by atoms with van der Waals surface area (Å²) < 4.78 is 57.7. The molecule has 0 fully saturated rings. The van der Waals surface area contributed by atoms with Gasteiger partial charge in [-0.3, -0.25) is 4.90 Å². The Kier molecular flexibility index (Phi) is 5.41. The van der Waals surface area contributed by atoms with Crippen molar-refractivity contribution in [3.8, 4) is 22.6 Å². The van der Waals surface area contributed by atoms with Gasteiger partial charge in [0.25, 0.3) is 0 Å². The van der Waals surface area contributed by atoms with Crippen LogP contribution in [-0.4, -0.2) is 26.6 Å². The lowest BCUT2D eigenvalue weighted by Gasteiger charge is -2.27. The minimum atomic E-state index is -4.38. The number of nitrogens with zero attached hydrogens (tertiary/aromatic N) is 4. The minimum absolute atomic E-state index is 0.356. The van der Waals surface area contributed by atoms with Crippen LogP contribution in [0.15, 0.2) is 65.3 Å². The van der Waals surface area contributed by atoms with E-state index in [0.29, 0.717) is 54.5 Å². The summed E-state index contributed by atoms with van der Waals surface area (Å²) in [5, 5.41) is 3.99. The Hall–Kier alpha value is -3.59. The van der Waals surface area contributed by atoms with Crippen LogP contribution in [-0.2, 0) is 25.7 Å². The molecule has 1 aliphatic heterocycles. The van der Waals surface area contributed by atoms with Crippen molar-refractivity contribution >= 4 is 0 Å². The smallest absolute Gasteiger partial charge is 0.359 e. The van der Waals surface area contributed by atoms with Gasteiger partial charge in [0.1, 0.15) is 11.5 Å². The summed E-state index contributed by atoms with van der Waals surface area (Å²) in [5.41, 5.74) is 2.50. The van der Waals surface area contributed by atoms with Crippen LogP contribution < -0.4 is 0 Å². The van der Waals surface area contributed by atoms with E-state index in [2.05, 4.69) is 20.0 Å². The molecule has 0 spiro atoms. The molecule has 0 atom stereocenters. The average Bonchev–Trinajstić information content (AvgIpc) is 3.26. The lowest BCUT2D eigenvalue weighted by molar-refractivity contribution is -0.137. The molecule has 4 aromatic rings. The lowest BCUT2D eigenvalue weighted by Crippen LogP contribution is -2.30. The third kappa shape index (κ3) is 4.49. The third-order valence-corrected chi connectivity index (χ3v) is 5.57. The van der Waals surface area contributed by atoms with Crippen molar-refractivity contribution in [2.24, 2.45) is 0 Å². The number of alkyl halides is 3. The Morgan fingerprint density at radius 3 is 2.58 bits per heavy atom. The molecular weight excluding hydrogens is 436 g/mol. The summed E-state index contributed by atoms with van der Waals surface area (Å²) in [7, 11) is 0. The van der Waals surface area contributed by atoms with Crippen molar-refractivity contribution in [2.45, 2.75) is 25.7 Å². The van der Waals surface area contributed by atoms with Crippen molar-refractivity contribution in [1.29, 1.82) is 0 Å². The Balaban J connectivity index is 1.28. The summed E-state index contributed by atoms with van der Waals surface area (Å²) in [6.45, 7) is 1.81. The predicted molar refractivity (Wildman–Crippen MR) is 112 cm³/mol. The largest absolute Gasteiger partial charge is 0.416 e. The van der Waals surface area contributed by atoms with Gasteiger partial charge in [-0.1, -0.05) is 29.4 Å². The van der Waals surface area contributed by atoms with E-state index in [1.54, 1.807) is 30.5 Å². The SMILES string of the molecule is Fc1ccccc1-c1cc(CN2CCc3nc(-c4ccc(C(F)(F)F)cc4)ncc3C2)on1. The van der Waals surface area contributed by atoms with E-state index in [-0.39, 0.29) is 5.82 Å². The highest BCUT2D eigenvalue weighted by atomic mass is 19.4. The zero-order valence-electron chi connectivity index (χ0n) is 17.3. The standard InChI is InChI=1S/C24H18F4N4O/c25-20-4-2-1-3-19(20)22-11-18(33-31-22)14-32-10-9-21-16(13-32)12-29-23(30-21)15-5-7-17(8-6-15)24(26,27)28/h1-8,11-12H,9-10,13-14H2. The fourth-order valence-corrected chi connectivity index (χ4v) is 3.86. The number of hydrogen-bond donors (Lipinski definition) is 0. The van der Waals surface area contributed by atoms with Crippen LogP contribution in [0.1, 0.15) is 22.6 Å². The second kappa shape index (κ2) is 8.40. The number of rotatable bonds is 4. The molecule has 5 nitrogen and oxygen atoms in total. The van der Waals surface area contributed by atoms with Crippen molar-refractivity contribution in [3.05, 3.63) is 89.2 Å². The van der Waals surface area contributed by atoms with E-state index in [1.165, 1.54) is 18.2 Å². The Morgan fingerprint density at radius 1 is 1.03 bits per heavy atom. The van der Waals surface area contributed by atoms with Crippen LogP contribution >= 0.6 is 0 Å². The van der Waals surface area contributed by atoms with Gasteiger partial charge in [-0.15, -0.1) is 0 Å². The zero-order chi connectivity index (χ0) is 23.0. The molecule has 2 aromatic heterocycles. The zero-order valence-corrected chi connectivity index (χ0v) is 17.3. The first kappa shape index (κ1) is 21.3. The van der Waals surface area contributed by atoms with Crippen LogP contribution in [0.5, 0.6) is 0 Å². The number of aromatic nitrogens is 3. The molecule has 0 saturated carbocycles. The second-order valence-corrected chi connectivity index (χ2v) is 7.86. The first-order valence-electron chi connectivity index (χ1n) is 10.3. The van der Waals surface area contributed by atoms with Gasteiger partial charge in [0.2, 0.25) is 0 Å². The van der Waals surface area contributed by atoms with Crippen molar-refractivity contribution in [2.75, 3.05) is 6.54 Å². The van der Waals surface area contributed by atoms with Crippen LogP contribution in [0.4, 0.5) is 17.6 Å². The van der Waals surface area contributed by atoms with E-state index in [4.69, 9.17) is 4.52 Å². The van der Waals surface area contributed by atoms with E-state index >= 15 is 0 Å². The highest BCUT2D eigenvalue weighted by molar-refractivity contribution is 5.59. The van der Waals surface area contributed by atoms with Crippen LogP contribution in [0.2, 0.25) is 0 Å². The van der Waals surface area contributed by atoms with Crippen molar-refractivity contribution in [3.63, 3.8) is 0 Å². The van der Waals surface area contributed by atoms with Gasteiger partial charge in [-0.25, -0.2) is 14.4 Å². The molecule has 0 aliphatic carbocycles. The topological polar surface area (TPSA) is 55.1 Å². The maximum absolute atomic E-state index is 14.0. The van der Waals surface area contributed by atoms with Gasteiger partial charge in [-0.05, 0) is 24.3 Å². The molecule has 0 N–H and O–H groups in total. The molecule has 0 amide bonds. The Labute approximate surface area is 186 Å². The molecule has 0 radical (unpaired) electrons. The minimum Gasteiger partial charge on any atom is -0.359 e. The maximum atomic E-state index is 14.0. The molecule has 33 heavy (non-hydrogen) atoms. The molecule has 168 valence electrons. The molecule has 0 unspecified atom stereocenters. The van der Waals surface area contributed by atoms with Gasteiger partial charge in [0.15, 0.2) is 11.6 Å². The summed E-state index contributed by atoms with van der Waals surface area (Å²) in [4.78, 5) is 11.1. The number of halogens is 4. The lowest BCUT2D eigenvalue weighted by atomic mass is 10.1. The van der Waals surface area contributed by atoms with Gasteiger partial charge < -0.3 is 4.52 Å². The van der Waals surface area contributed by atoms with E-state index in [9.17, 15) is 17.6 Å². The molecule has 9 heteroatoms. The number of benzene rings is 2. The fraction of sp³-hybridized carbons (Fsp3) is 0.208. The van der Waals surface area contributed by atoms with Crippen LogP contribution in [0, 0.1) is 5.82 Å². The first-order valence-corrected chi connectivity index (χ1v) is 10.3. The van der Waals surface area contributed by atoms with Crippen LogP contribution in [0.3, 0.4) is 0 Å².